The first-order chi connectivity index (χ1) is 9.88. The normalized spacial score (nSPS) is 12.0. The van der Waals surface area contributed by atoms with Gasteiger partial charge in [0, 0.05) is 6.07 Å². The first kappa shape index (κ1) is 13.4. The van der Waals surface area contributed by atoms with Crippen LogP contribution in [0.4, 0.5) is 23.5 Å². The highest BCUT2D eigenvalue weighted by molar-refractivity contribution is 5.81. The fraction of sp³-hybridized carbons (Fsp3) is 0.0714. The molecular formula is C14H9F4N3. The van der Waals surface area contributed by atoms with Crippen molar-refractivity contribution in [2.75, 3.05) is 5.73 Å². The molecule has 0 saturated heterocycles. The van der Waals surface area contributed by atoms with Crippen LogP contribution in [0.1, 0.15) is 5.56 Å². The van der Waals surface area contributed by atoms with Gasteiger partial charge in [-0.25, -0.2) is 9.37 Å². The second-order valence-electron chi connectivity index (χ2n) is 4.45. The summed E-state index contributed by atoms with van der Waals surface area (Å²) in [4.78, 5) is 3.91. The van der Waals surface area contributed by atoms with Crippen molar-refractivity contribution in [3.8, 4) is 5.69 Å². The van der Waals surface area contributed by atoms with Crippen LogP contribution in [0.5, 0.6) is 0 Å². The van der Waals surface area contributed by atoms with Gasteiger partial charge in [0.1, 0.15) is 5.82 Å². The highest BCUT2D eigenvalue weighted by Gasteiger charge is 2.34. The molecule has 0 saturated carbocycles. The van der Waals surface area contributed by atoms with E-state index >= 15 is 0 Å². The van der Waals surface area contributed by atoms with Gasteiger partial charge in [0.2, 0.25) is 5.95 Å². The Morgan fingerprint density at radius 3 is 2.48 bits per heavy atom. The van der Waals surface area contributed by atoms with Crippen molar-refractivity contribution in [1.29, 1.82) is 0 Å². The van der Waals surface area contributed by atoms with Gasteiger partial charge in [0.25, 0.3) is 0 Å². The number of imidazole rings is 1. The van der Waals surface area contributed by atoms with Crippen LogP contribution in [0.15, 0.2) is 42.5 Å². The van der Waals surface area contributed by atoms with Gasteiger partial charge in [-0.2, -0.15) is 13.2 Å². The number of alkyl halides is 3. The predicted octanol–water partition coefficient (Wildman–Crippen LogP) is 3.77. The van der Waals surface area contributed by atoms with Crippen LogP contribution in [0.25, 0.3) is 16.7 Å². The molecule has 1 aromatic heterocycles. The number of rotatable bonds is 1. The van der Waals surface area contributed by atoms with E-state index in [1.807, 2.05) is 0 Å². The summed E-state index contributed by atoms with van der Waals surface area (Å²) < 4.78 is 53.6. The molecule has 0 spiro atoms. The molecule has 3 rings (SSSR count). The van der Waals surface area contributed by atoms with Gasteiger partial charge >= 0.3 is 6.18 Å². The Morgan fingerprint density at radius 1 is 1.05 bits per heavy atom. The SMILES string of the molecule is Nc1nc2cc(F)ccc2n1-c1ccccc1C(F)(F)F. The van der Waals surface area contributed by atoms with Crippen molar-refractivity contribution < 1.29 is 17.6 Å². The number of para-hydroxylation sites is 1. The molecule has 0 aliphatic carbocycles. The van der Waals surface area contributed by atoms with E-state index in [-0.39, 0.29) is 17.2 Å². The minimum atomic E-state index is -4.53. The molecule has 0 amide bonds. The Kier molecular flexibility index (Phi) is 2.86. The van der Waals surface area contributed by atoms with Crippen molar-refractivity contribution >= 4 is 17.0 Å². The highest BCUT2D eigenvalue weighted by Crippen LogP contribution is 2.36. The number of halogens is 4. The summed E-state index contributed by atoms with van der Waals surface area (Å²) >= 11 is 0. The zero-order valence-corrected chi connectivity index (χ0v) is 10.5. The third-order valence-electron chi connectivity index (χ3n) is 3.09. The lowest BCUT2D eigenvalue weighted by Gasteiger charge is -2.14. The van der Waals surface area contributed by atoms with Gasteiger partial charge in [-0.3, -0.25) is 4.57 Å². The Labute approximate surface area is 116 Å². The van der Waals surface area contributed by atoms with Gasteiger partial charge in [-0.15, -0.1) is 0 Å². The number of aromatic nitrogens is 2. The summed E-state index contributed by atoms with van der Waals surface area (Å²) in [6, 6.07) is 8.64. The Morgan fingerprint density at radius 2 is 1.76 bits per heavy atom. The Balaban J connectivity index is 2.34. The number of anilines is 1. The molecule has 0 fully saturated rings. The average Bonchev–Trinajstić information content (AvgIpc) is 2.72. The minimum Gasteiger partial charge on any atom is -0.369 e. The lowest BCUT2D eigenvalue weighted by molar-refractivity contribution is -0.137. The number of fused-ring (bicyclic) bond motifs is 1. The summed E-state index contributed by atoms with van der Waals surface area (Å²) in [7, 11) is 0. The molecule has 21 heavy (non-hydrogen) atoms. The van der Waals surface area contributed by atoms with Gasteiger partial charge in [0.15, 0.2) is 0 Å². The summed E-state index contributed by atoms with van der Waals surface area (Å²) in [6.07, 6.45) is -4.53. The van der Waals surface area contributed by atoms with Crippen molar-refractivity contribution in [2.45, 2.75) is 6.18 Å². The van der Waals surface area contributed by atoms with Crippen molar-refractivity contribution in [3.63, 3.8) is 0 Å². The predicted molar refractivity (Wildman–Crippen MR) is 70.4 cm³/mol. The van der Waals surface area contributed by atoms with Gasteiger partial charge in [-0.05, 0) is 24.3 Å². The van der Waals surface area contributed by atoms with Crippen LogP contribution >= 0.6 is 0 Å². The molecule has 7 heteroatoms. The second-order valence-corrected chi connectivity index (χ2v) is 4.45. The molecule has 0 radical (unpaired) electrons. The summed E-state index contributed by atoms with van der Waals surface area (Å²) in [5, 5.41) is 0. The van der Waals surface area contributed by atoms with Crippen molar-refractivity contribution in [1.82, 2.24) is 9.55 Å². The molecule has 2 aromatic carbocycles. The maximum absolute atomic E-state index is 13.2. The third kappa shape index (κ3) is 2.20. The maximum Gasteiger partial charge on any atom is 0.418 e. The van der Waals surface area contributed by atoms with Crippen LogP contribution in [0.2, 0.25) is 0 Å². The number of hydrogen-bond donors (Lipinski definition) is 1. The quantitative estimate of drug-likeness (QED) is 0.695. The fourth-order valence-corrected chi connectivity index (χ4v) is 2.23. The van der Waals surface area contributed by atoms with Crippen LogP contribution in [-0.4, -0.2) is 9.55 Å². The molecular weight excluding hydrogens is 286 g/mol. The van der Waals surface area contributed by atoms with Gasteiger partial charge in [-0.1, -0.05) is 12.1 Å². The van der Waals surface area contributed by atoms with Gasteiger partial charge in [0.05, 0.1) is 22.3 Å². The van der Waals surface area contributed by atoms with Crippen molar-refractivity contribution in [3.05, 3.63) is 53.8 Å². The van der Waals surface area contributed by atoms with Gasteiger partial charge < -0.3 is 5.73 Å². The van der Waals surface area contributed by atoms with E-state index in [0.29, 0.717) is 5.52 Å². The number of nitrogens with zero attached hydrogens (tertiary/aromatic N) is 2. The highest BCUT2D eigenvalue weighted by atomic mass is 19.4. The largest absolute Gasteiger partial charge is 0.418 e. The maximum atomic E-state index is 13.2. The van der Waals surface area contributed by atoms with Crippen LogP contribution < -0.4 is 5.73 Å². The second kappa shape index (κ2) is 4.47. The average molecular weight is 295 g/mol. The molecule has 0 unspecified atom stereocenters. The minimum absolute atomic E-state index is 0.132. The lowest BCUT2D eigenvalue weighted by atomic mass is 10.1. The summed E-state index contributed by atoms with van der Waals surface area (Å²) in [6.45, 7) is 0. The standard InChI is InChI=1S/C14H9F4N3/c15-8-5-6-12-10(7-8)20-13(19)21(12)11-4-2-1-3-9(11)14(16,17)18/h1-7H,(H2,19,20). The molecule has 108 valence electrons. The molecule has 0 atom stereocenters. The number of nitrogens with two attached hydrogens (primary N) is 1. The molecule has 0 bridgehead atoms. The Bertz CT molecular complexity index is 821. The third-order valence-corrected chi connectivity index (χ3v) is 3.09. The van der Waals surface area contributed by atoms with E-state index in [1.54, 1.807) is 0 Å². The number of nitrogen functional groups attached to an aromatic ring is 1. The monoisotopic (exact) mass is 295 g/mol. The molecule has 3 aromatic rings. The molecule has 3 nitrogen and oxygen atoms in total. The number of hydrogen-bond acceptors (Lipinski definition) is 2. The summed E-state index contributed by atoms with van der Waals surface area (Å²) in [5.41, 5.74) is 5.24. The van der Waals surface area contributed by atoms with E-state index in [9.17, 15) is 17.6 Å². The topological polar surface area (TPSA) is 43.8 Å². The van der Waals surface area contributed by atoms with E-state index in [2.05, 4.69) is 4.98 Å². The molecule has 2 N–H and O–H groups in total. The Hall–Kier alpha value is -2.57. The summed E-state index contributed by atoms with van der Waals surface area (Å²) in [5.74, 6) is -0.663. The van der Waals surface area contributed by atoms with Crippen LogP contribution in [-0.2, 0) is 6.18 Å². The number of benzene rings is 2. The molecule has 1 heterocycles. The molecule has 0 aliphatic rings. The smallest absolute Gasteiger partial charge is 0.369 e. The first-order valence-electron chi connectivity index (χ1n) is 5.98. The van der Waals surface area contributed by atoms with Crippen LogP contribution in [0.3, 0.4) is 0 Å². The zero-order valence-electron chi connectivity index (χ0n) is 10.5. The van der Waals surface area contributed by atoms with Crippen LogP contribution in [0, 0.1) is 5.82 Å². The van der Waals surface area contributed by atoms with Crippen molar-refractivity contribution in [2.24, 2.45) is 0 Å². The van der Waals surface area contributed by atoms with E-state index in [1.165, 1.54) is 24.3 Å². The first-order valence-corrected chi connectivity index (χ1v) is 5.98. The van der Waals surface area contributed by atoms with E-state index < -0.39 is 17.6 Å². The van der Waals surface area contributed by atoms with E-state index in [0.717, 1.165) is 22.8 Å². The molecule has 0 aliphatic heterocycles. The van der Waals surface area contributed by atoms with E-state index in [4.69, 9.17) is 5.73 Å². The lowest BCUT2D eigenvalue weighted by Crippen LogP contribution is -2.12. The zero-order chi connectivity index (χ0) is 15.2. The fourth-order valence-electron chi connectivity index (χ4n) is 2.23.